The fourth-order valence-corrected chi connectivity index (χ4v) is 4.31. The smallest absolute Gasteiger partial charge is 0.322 e. The van der Waals surface area contributed by atoms with Gasteiger partial charge in [0.05, 0.1) is 0 Å². The molecule has 2 aliphatic rings. The average Bonchev–Trinajstić information content (AvgIpc) is 2.47. The minimum Gasteiger partial charge on any atom is -0.322 e. The Morgan fingerprint density at radius 1 is 1.32 bits per heavy atom. The second-order valence-corrected chi connectivity index (χ2v) is 7.46. The van der Waals surface area contributed by atoms with E-state index in [0.29, 0.717) is 32.0 Å². The SMILES string of the molecule is O=C(Nc1ccncn1)N1CC(S(=O)(=O)N2CCNCC2)C1. The highest BCUT2D eigenvalue weighted by molar-refractivity contribution is 7.89. The first-order chi connectivity index (χ1) is 10.6. The highest BCUT2D eigenvalue weighted by Gasteiger charge is 2.43. The molecule has 0 saturated carbocycles. The van der Waals surface area contributed by atoms with Crippen molar-refractivity contribution in [1.29, 1.82) is 0 Å². The van der Waals surface area contributed by atoms with Crippen LogP contribution in [0.3, 0.4) is 0 Å². The zero-order chi connectivity index (χ0) is 15.6. The van der Waals surface area contributed by atoms with Crippen LogP contribution < -0.4 is 10.6 Å². The molecule has 2 amide bonds. The van der Waals surface area contributed by atoms with Gasteiger partial charge in [-0.1, -0.05) is 0 Å². The second-order valence-electron chi connectivity index (χ2n) is 5.25. The number of anilines is 1. The topological polar surface area (TPSA) is 108 Å². The summed E-state index contributed by atoms with van der Waals surface area (Å²) in [6, 6.07) is 1.23. The molecule has 3 heterocycles. The van der Waals surface area contributed by atoms with Crippen LogP contribution in [0.25, 0.3) is 0 Å². The number of amides is 2. The number of piperazine rings is 1. The molecule has 1 aromatic heterocycles. The Morgan fingerprint density at radius 3 is 2.68 bits per heavy atom. The molecule has 0 spiro atoms. The van der Waals surface area contributed by atoms with E-state index in [1.165, 1.54) is 21.7 Å². The van der Waals surface area contributed by atoms with Gasteiger partial charge in [-0.2, -0.15) is 4.31 Å². The number of hydrogen-bond acceptors (Lipinski definition) is 6. The van der Waals surface area contributed by atoms with E-state index in [-0.39, 0.29) is 19.1 Å². The molecule has 10 heteroatoms. The van der Waals surface area contributed by atoms with Crippen molar-refractivity contribution in [2.45, 2.75) is 5.25 Å². The summed E-state index contributed by atoms with van der Waals surface area (Å²) in [5.74, 6) is 0.397. The minimum absolute atomic E-state index is 0.211. The third kappa shape index (κ3) is 3.03. The first-order valence-corrected chi connectivity index (χ1v) is 8.59. The maximum absolute atomic E-state index is 12.4. The molecule has 0 aromatic carbocycles. The van der Waals surface area contributed by atoms with Gasteiger partial charge in [-0.25, -0.2) is 23.2 Å². The summed E-state index contributed by atoms with van der Waals surface area (Å²) >= 11 is 0. The first kappa shape index (κ1) is 15.1. The Labute approximate surface area is 128 Å². The highest BCUT2D eigenvalue weighted by atomic mass is 32.2. The minimum atomic E-state index is -3.32. The molecular formula is C12H18N6O3S. The Balaban J connectivity index is 1.54. The lowest BCUT2D eigenvalue weighted by atomic mass is 10.2. The Kier molecular flexibility index (Phi) is 4.23. The fraction of sp³-hybridized carbons (Fsp3) is 0.583. The normalized spacial score (nSPS) is 20.5. The molecule has 0 unspecified atom stereocenters. The average molecular weight is 326 g/mol. The second kappa shape index (κ2) is 6.15. The molecule has 2 saturated heterocycles. The quantitative estimate of drug-likeness (QED) is 0.732. The van der Waals surface area contributed by atoms with Gasteiger partial charge < -0.3 is 10.2 Å². The first-order valence-electron chi connectivity index (χ1n) is 7.09. The number of sulfonamides is 1. The highest BCUT2D eigenvalue weighted by Crippen LogP contribution is 2.21. The maximum atomic E-state index is 12.4. The monoisotopic (exact) mass is 326 g/mol. The zero-order valence-corrected chi connectivity index (χ0v) is 12.8. The summed E-state index contributed by atoms with van der Waals surface area (Å²) in [7, 11) is -3.32. The van der Waals surface area contributed by atoms with E-state index in [2.05, 4.69) is 20.6 Å². The van der Waals surface area contributed by atoms with Crippen LogP contribution >= 0.6 is 0 Å². The van der Waals surface area contributed by atoms with E-state index < -0.39 is 15.3 Å². The molecule has 0 radical (unpaired) electrons. The van der Waals surface area contributed by atoms with Crippen molar-refractivity contribution in [3.05, 3.63) is 18.6 Å². The van der Waals surface area contributed by atoms with Gasteiger partial charge in [0.15, 0.2) is 0 Å². The maximum Gasteiger partial charge on any atom is 0.323 e. The number of carbonyl (C=O) groups excluding carboxylic acids is 1. The molecule has 2 aliphatic heterocycles. The Morgan fingerprint density at radius 2 is 2.05 bits per heavy atom. The number of nitrogens with zero attached hydrogens (tertiary/aromatic N) is 4. The van der Waals surface area contributed by atoms with E-state index in [9.17, 15) is 13.2 Å². The van der Waals surface area contributed by atoms with Crippen LogP contribution in [-0.2, 0) is 10.0 Å². The number of carbonyl (C=O) groups is 1. The van der Waals surface area contributed by atoms with E-state index in [1.807, 2.05) is 0 Å². The summed E-state index contributed by atoms with van der Waals surface area (Å²) in [6.45, 7) is 2.75. The van der Waals surface area contributed by atoms with Crippen LogP contribution in [0.4, 0.5) is 10.6 Å². The van der Waals surface area contributed by atoms with Crippen molar-refractivity contribution in [3.63, 3.8) is 0 Å². The van der Waals surface area contributed by atoms with Gasteiger partial charge in [-0.15, -0.1) is 0 Å². The van der Waals surface area contributed by atoms with E-state index in [4.69, 9.17) is 0 Å². The van der Waals surface area contributed by atoms with Crippen molar-refractivity contribution in [3.8, 4) is 0 Å². The van der Waals surface area contributed by atoms with Crippen molar-refractivity contribution < 1.29 is 13.2 Å². The number of likely N-dealkylation sites (tertiary alicyclic amines) is 1. The number of nitrogens with one attached hydrogen (secondary N) is 2. The predicted octanol–water partition coefficient (Wildman–Crippen LogP) is -1.07. The Hall–Kier alpha value is -1.78. The van der Waals surface area contributed by atoms with Crippen molar-refractivity contribution in [2.75, 3.05) is 44.6 Å². The molecule has 9 nitrogen and oxygen atoms in total. The third-order valence-electron chi connectivity index (χ3n) is 3.81. The molecule has 2 fully saturated rings. The van der Waals surface area contributed by atoms with Crippen molar-refractivity contribution >= 4 is 21.9 Å². The zero-order valence-electron chi connectivity index (χ0n) is 12.0. The lowest BCUT2D eigenvalue weighted by molar-refractivity contribution is 0.180. The molecular weight excluding hydrogens is 308 g/mol. The van der Waals surface area contributed by atoms with Gasteiger partial charge in [0.1, 0.15) is 17.4 Å². The fourth-order valence-electron chi connectivity index (χ4n) is 2.46. The van der Waals surface area contributed by atoms with Gasteiger partial charge in [-0.3, -0.25) is 5.32 Å². The molecule has 120 valence electrons. The molecule has 2 N–H and O–H groups in total. The number of aromatic nitrogens is 2. The number of rotatable bonds is 3. The van der Waals surface area contributed by atoms with Crippen LogP contribution in [0.5, 0.6) is 0 Å². The van der Waals surface area contributed by atoms with E-state index in [1.54, 1.807) is 6.07 Å². The summed E-state index contributed by atoms with van der Waals surface area (Å²) < 4.78 is 26.3. The van der Waals surface area contributed by atoms with E-state index >= 15 is 0 Å². The molecule has 3 rings (SSSR count). The van der Waals surface area contributed by atoms with Crippen LogP contribution in [0.1, 0.15) is 0 Å². The summed E-state index contributed by atoms with van der Waals surface area (Å²) in [5, 5.41) is 5.22. The van der Waals surface area contributed by atoms with Gasteiger partial charge in [0.25, 0.3) is 0 Å². The standard InChI is InChI=1S/C12H18N6O3S/c19-12(16-11-1-2-14-9-15-11)17-7-10(8-17)22(20,21)18-5-3-13-4-6-18/h1-2,9-10,13H,3-8H2,(H,14,15,16,19). The lowest BCUT2D eigenvalue weighted by Crippen LogP contribution is -2.62. The molecule has 0 aliphatic carbocycles. The van der Waals surface area contributed by atoms with Crippen LogP contribution in [0.15, 0.2) is 18.6 Å². The van der Waals surface area contributed by atoms with Crippen LogP contribution in [-0.4, -0.2) is 78.1 Å². The summed E-state index contributed by atoms with van der Waals surface area (Å²) in [4.78, 5) is 21.1. The number of hydrogen-bond donors (Lipinski definition) is 2. The predicted molar refractivity (Wildman–Crippen MR) is 79.8 cm³/mol. The van der Waals surface area contributed by atoms with Gasteiger partial charge in [-0.05, 0) is 6.07 Å². The van der Waals surface area contributed by atoms with Crippen molar-refractivity contribution in [2.24, 2.45) is 0 Å². The van der Waals surface area contributed by atoms with Crippen LogP contribution in [0.2, 0.25) is 0 Å². The Bertz CT molecular complexity index is 626. The largest absolute Gasteiger partial charge is 0.323 e. The molecule has 0 atom stereocenters. The number of urea groups is 1. The molecule has 0 bridgehead atoms. The van der Waals surface area contributed by atoms with Gasteiger partial charge in [0, 0.05) is 45.5 Å². The summed E-state index contributed by atoms with van der Waals surface area (Å²) in [6.07, 6.45) is 2.86. The lowest BCUT2D eigenvalue weighted by Gasteiger charge is -2.41. The molecule has 1 aromatic rings. The summed E-state index contributed by atoms with van der Waals surface area (Å²) in [5.41, 5.74) is 0. The van der Waals surface area contributed by atoms with Crippen molar-refractivity contribution in [1.82, 2.24) is 24.5 Å². The third-order valence-corrected chi connectivity index (χ3v) is 6.03. The van der Waals surface area contributed by atoms with Gasteiger partial charge in [0.2, 0.25) is 10.0 Å². The molecule has 22 heavy (non-hydrogen) atoms. The van der Waals surface area contributed by atoms with Crippen LogP contribution in [0, 0.1) is 0 Å². The van der Waals surface area contributed by atoms with E-state index in [0.717, 1.165) is 0 Å². The van der Waals surface area contributed by atoms with Gasteiger partial charge >= 0.3 is 6.03 Å².